The van der Waals surface area contributed by atoms with E-state index < -0.39 is 0 Å². The van der Waals surface area contributed by atoms with Crippen LogP contribution in [0.2, 0.25) is 0 Å². The molecule has 0 amide bonds. The van der Waals surface area contributed by atoms with Crippen LogP contribution in [0.4, 0.5) is 0 Å². The topological polar surface area (TPSA) is 0 Å². The highest BCUT2D eigenvalue weighted by atomic mass is 32.2. The quantitative estimate of drug-likeness (QED) is 0.407. The van der Waals surface area contributed by atoms with Gasteiger partial charge >= 0.3 is 0 Å². The van der Waals surface area contributed by atoms with Crippen molar-refractivity contribution in [2.75, 3.05) is 34.5 Å². The third-order valence-electron chi connectivity index (χ3n) is 3.05. The molecule has 0 aromatic carbocycles. The number of thioether (sulfide) groups is 4. The van der Waals surface area contributed by atoms with Gasteiger partial charge < -0.3 is 0 Å². The number of hydrogen-bond acceptors (Lipinski definition) is 4. The van der Waals surface area contributed by atoms with E-state index in [0.29, 0.717) is 0 Å². The van der Waals surface area contributed by atoms with Gasteiger partial charge in [0.25, 0.3) is 0 Å². The fraction of sp³-hybridized carbons (Fsp3) is 1.00. The van der Waals surface area contributed by atoms with Crippen LogP contribution in [-0.2, 0) is 0 Å². The van der Waals surface area contributed by atoms with Gasteiger partial charge in [-0.2, -0.15) is 47.0 Å². The summed E-state index contributed by atoms with van der Waals surface area (Å²) in [5.41, 5.74) is 0. The van der Waals surface area contributed by atoms with Crippen molar-refractivity contribution in [2.45, 2.75) is 36.7 Å². The smallest absolute Gasteiger partial charge is 0.0229 e. The van der Waals surface area contributed by atoms with Crippen molar-refractivity contribution in [3.8, 4) is 0 Å². The van der Waals surface area contributed by atoms with Crippen LogP contribution in [0.5, 0.6) is 0 Å². The summed E-state index contributed by atoms with van der Waals surface area (Å²) in [7, 11) is 0. The second-order valence-corrected chi connectivity index (χ2v) is 10.0. The van der Waals surface area contributed by atoms with Gasteiger partial charge in [0.2, 0.25) is 0 Å². The molecular weight excluding hydrogens is 284 g/mol. The third-order valence-corrected chi connectivity index (χ3v) is 8.07. The molecule has 0 aromatic rings. The molecule has 0 bridgehead atoms. The Kier molecular flexibility index (Phi) is 7.44. The normalized spacial score (nSPS) is 28.1. The summed E-state index contributed by atoms with van der Waals surface area (Å²) in [5, 5.41) is 2.04. The predicted octanol–water partition coefficient (Wildman–Crippen LogP) is 4.49. The summed E-state index contributed by atoms with van der Waals surface area (Å²) in [6.07, 6.45) is 4.34. The maximum atomic E-state index is 2.43. The van der Waals surface area contributed by atoms with E-state index >= 15 is 0 Å². The first-order chi connectivity index (χ1) is 8.34. The van der Waals surface area contributed by atoms with Gasteiger partial charge in [0.05, 0.1) is 0 Å². The zero-order valence-electron chi connectivity index (χ0n) is 10.7. The van der Waals surface area contributed by atoms with E-state index in [1.807, 2.05) is 0 Å². The molecule has 0 aliphatic carbocycles. The number of unbranched alkanes of at least 4 members (excludes halogenated alkanes) is 1. The Balaban J connectivity index is 1.30. The lowest BCUT2D eigenvalue weighted by Gasteiger charge is -2.10. The van der Waals surface area contributed by atoms with Crippen LogP contribution < -0.4 is 0 Å². The van der Waals surface area contributed by atoms with Crippen LogP contribution in [0.25, 0.3) is 0 Å². The summed E-state index contributed by atoms with van der Waals surface area (Å²) in [6.45, 7) is 2.43. The largest absolute Gasteiger partial charge is 0.161 e. The molecular formula is C13H24S4. The van der Waals surface area contributed by atoms with Crippen LogP contribution in [0.3, 0.4) is 0 Å². The number of rotatable bonds is 11. The van der Waals surface area contributed by atoms with E-state index in [4.69, 9.17) is 0 Å². The highest BCUT2D eigenvalue weighted by molar-refractivity contribution is 8.09. The molecule has 2 saturated heterocycles. The van der Waals surface area contributed by atoms with Gasteiger partial charge in [-0.3, -0.25) is 0 Å². The Labute approximate surface area is 124 Å². The Hall–Kier alpha value is 1.40. The molecule has 0 N–H and O–H groups in total. The van der Waals surface area contributed by atoms with Crippen molar-refractivity contribution in [3.63, 3.8) is 0 Å². The van der Waals surface area contributed by atoms with E-state index in [1.54, 1.807) is 0 Å². The maximum absolute atomic E-state index is 2.43. The van der Waals surface area contributed by atoms with Crippen molar-refractivity contribution >= 4 is 47.0 Å². The second-order valence-electron chi connectivity index (χ2n) is 5.12. The molecule has 0 aromatic heterocycles. The van der Waals surface area contributed by atoms with E-state index in [-0.39, 0.29) is 0 Å². The molecule has 0 saturated carbocycles. The van der Waals surface area contributed by atoms with Crippen molar-refractivity contribution in [2.24, 2.45) is 5.92 Å². The van der Waals surface area contributed by atoms with Gasteiger partial charge in [0.15, 0.2) is 0 Å². The Morgan fingerprint density at radius 1 is 1.06 bits per heavy atom. The molecule has 2 aliphatic rings. The SMILES string of the molecule is CC(CCCCSCC1CS1)CSCC1CS1. The van der Waals surface area contributed by atoms with Crippen LogP contribution in [-0.4, -0.2) is 45.0 Å². The summed E-state index contributed by atoms with van der Waals surface area (Å²) in [4.78, 5) is 0. The molecule has 2 aliphatic heterocycles. The first-order valence-electron chi connectivity index (χ1n) is 6.73. The van der Waals surface area contributed by atoms with Crippen molar-refractivity contribution in [3.05, 3.63) is 0 Å². The summed E-state index contributed by atoms with van der Waals surface area (Å²) < 4.78 is 0. The zero-order valence-corrected chi connectivity index (χ0v) is 14.0. The van der Waals surface area contributed by atoms with E-state index in [2.05, 4.69) is 54.0 Å². The molecule has 2 fully saturated rings. The van der Waals surface area contributed by atoms with Crippen LogP contribution in [0.1, 0.15) is 26.2 Å². The fourth-order valence-corrected chi connectivity index (χ4v) is 5.92. The average Bonchev–Trinajstić information content (AvgIpc) is 3.15. The van der Waals surface area contributed by atoms with Gasteiger partial charge in [0.1, 0.15) is 0 Å². The fourth-order valence-electron chi connectivity index (χ4n) is 1.72. The van der Waals surface area contributed by atoms with Crippen molar-refractivity contribution in [1.82, 2.24) is 0 Å². The molecule has 3 unspecified atom stereocenters. The zero-order chi connectivity index (χ0) is 11.9. The summed E-state index contributed by atoms with van der Waals surface area (Å²) >= 11 is 8.62. The molecule has 0 spiro atoms. The maximum Gasteiger partial charge on any atom is 0.0229 e. The van der Waals surface area contributed by atoms with Gasteiger partial charge in [0, 0.05) is 33.5 Å². The predicted molar refractivity (Wildman–Crippen MR) is 90.2 cm³/mol. The second kappa shape index (κ2) is 8.55. The molecule has 0 nitrogen and oxygen atoms in total. The van der Waals surface area contributed by atoms with Gasteiger partial charge in [-0.25, -0.2) is 0 Å². The minimum Gasteiger partial charge on any atom is -0.161 e. The summed E-state index contributed by atoms with van der Waals surface area (Å²) in [6, 6.07) is 0. The lowest BCUT2D eigenvalue weighted by atomic mass is 10.1. The molecule has 4 heteroatoms. The van der Waals surface area contributed by atoms with E-state index in [0.717, 1.165) is 16.4 Å². The standard InChI is InChI=1S/C13H24S4/c1-11(6-15-8-13-10-17-13)4-2-3-5-14-7-12-9-16-12/h11-13H,2-10H2,1H3. The van der Waals surface area contributed by atoms with Crippen LogP contribution in [0.15, 0.2) is 0 Å². The molecule has 100 valence electrons. The van der Waals surface area contributed by atoms with Gasteiger partial charge in [-0.15, -0.1) is 0 Å². The Morgan fingerprint density at radius 2 is 1.71 bits per heavy atom. The average molecular weight is 309 g/mol. The van der Waals surface area contributed by atoms with Crippen LogP contribution >= 0.6 is 47.0 Å². The first kappa shape index (κ1) is 14.8. The first-order valence-corrected chi connectivity index (χ1v) is 11.1. The Bertz CT molecular complexity index is 202. The van der Waals surface area contributed by atoms with Gasteiger partial charge in [-0.05, 0) is 30.3 Å². The van der Waals surface area contributed by atoms with Crippen molar-refractivity contribution in [1.29, 1.82) is 0 Å². The van der Waals surface area contributed by atoms with Gasteiger partial charge in [-0.1, -0.05) is 13.3 Å². The lowest BCUT2D eigenvalue weighted by Crippen LogP contribution is -2.01. The summed E-state index contributed by atoms with van der Waals surface area (Å²) in [5.74, 6) is 9.41. The van der Waals surface area contributed by atoms with Crippen molar-refractivity contribution < 1.29 is 0 Å². The molecule has 2 heterocycles. The third kappa shape index (κ3) is 8.22. The minimum atomic E-state index is 0.938. The Morgan fingerprint density at radius 3 is 2.35 bits per heavy atom. The number of hydrogen-bond donors (Lipinski definition) is 0. The molecule has 0 radical (unpaired) electrons. The van der Waals surface area contributed by atoms with E-state index in [1.165, 1.54) is 53.8 Å². The monoisotopic (exact) mass is 308 g/mol. The van der Waals surface area contributed by atoms with Crippen LogP contribution in [0, 0.1) is 5.92 Å². The lowest BCUT2D eigenvalue weighted by molar-refractivity contribution is 0.559. The van der Waals surface area contributed by atoms with E-state index in [9.17, 15) is 0 Å². The molecule has 3 atom stereocenters. The highest BCUT2D eigenvalue weighted by Gasteiger charge is 2.22. The minimum absolute atomic E-state index is 0.938. The molecule has 17 heavy (non-hydrogen) atoms. The highest BCUT2D eigenvalue weighted by Crippen LogP contribution is 2.34. The molecule has 2 rings (SSSR count).